The zero-order valence-corrected chi connectivity index (χ0v) is 13.4. The molecular weight excluding hydrogens is 258 g/mol. The SMILES string of the molecule is Cc1ccc(OCc2ccccc2CNC(C)C)cc1C. The molecule has 0 aliphatic carbocycles. The van der Waals surface area contributed by atoms with E-state index in [1.54, 1.807) is 0 Å². The summed E-state index contributed by atoms with van der Waals surface area (Å²) in [6.45, 7) is 10.0. The topological polar surface area (TPSA) is 21.3 Å². The molecule has 2 aromatic carbocycles. The number of ether oxygens (including phenoxy) is 1. The molecule has 0 atom stereocenters. The monoisotopic (exact) mass is 283 g/mol. The average molecular weight is 283 g/mol. The van der Waals surface area contributed by atoms with Crippen LogP contribution in [0.1, 0.15) is 36.1 Å². The predicted octanol–water partition coefficient (Wildman–Crippen LogP) is 4.38. The van der Waals surface area contributed by atoms with Gasteiger partial charge in [-0.3, -0.25) is 0 Å². The van der Waals surface area contributed by atoms with Gasteiger partial charge in [-0.1, -0.05) is 44.2 Å². The third-order valence-corrected chi connectivity index (χ3v) is 3.69. The van der Waals surface area contributed by atoms with Gasteiger partial charge in [0.05, 0.1) is 0 Å². The van der Waals surface area contributed by atoms with E-state index in [1.165, 1.54) is 22.3 Å². The molecule has 0 saturated heterocycles. The highest BCUT2D eigenvalue weighted by Gasteiger charge is 2.04. The van der Waals surface area contributed by atoms with Crippen molar-refractivity contribution in [2.75, 3.05) is 0 Å². The van der Waals surface area contributed by atoms with E-state index in [0.29, 0.717) is 12.6 Å². The van der Waals surface area contributed by atoms with Crippen LogP contribution in [-0.4, -0.2) is 6.04 Å². The molecule has 0 unspecified atom stereocenters. The highest BCUT2D eigenvalue weighted by molar-refractivity contribution is 5.34. The van der Waals surface area contributed by atoms with Crippen molar-refractivity contribution in [3.8, 4) is 5.75 Å². The van der Waals surface area contributed by atoms with Crippen molar-refractivity contribution in [1.82, 2.24) is 5.32 Å². The van der Waals surface area contributed by atoms with Gasteiger partial charge in [0.2, 0.25) is 0 Å². The Morgan fingerprint density at radius 2 is 1.67 bits per heavy atom. The minimum atomic E-state index is 0.485. The Morgan fingerprint density at radius 1 is 0.952 bits per heavy atom. The fraction of sp³-hybridized carbons (Fsp3) is 0.368. The maximum atomic E-state index is 5.95. The fourth-order valence-corrected chi connectivity index (χ4v) is 2.15. The zero-order chi connectivity index (χ0) is 15.2. The molecule has 2 heteroatoms. The second-order valence-corrected chi connectivity index (χ2v) is 5.84. The first-order chi connectivity index (χ1) is 10.1. The van der Waals surface area contributed by atoms with Gasteiger partial charge in [-0.15, -0.1) is 0 Å². The minimum Gasteiger partial charge on any atom is -0.489 e. The van der Waals surface area contributed by atoms with E-state index in [2.05, 4.69) is 69.4 Å². The van der Waals surface area contributed by atoms with E-state index in [1.807, 2.05) is 6.07 Å². The van der Waals surface area contributed by atoms with Crippen LogP contribution in [0, 0.1) is 13.8 Å². The van der Waals surface area contributed by atoms with E-state index in [-0.39, 0.29) is 0 Å². The molecule has 2 nitrogen and oxygen atoms in total. The Labute approximate surface area is 128 Å². The summed E-state index contributed by atoms with van der Waals surface area (Å²) in [4.78, 5) is 0. The van der Waals surface area contributed by atoms with E-state index < -0.39 is 0 Å². The number of rotatable bonds is 6. The molecule has 0 heterocycles. The van der Waals surface area contributed by atoms with Gasteiger partial charge in [-0.25, -0.2) is 0 Å². The van der Waals surface area contributed by atoms with Crippen molar-refractivity contribution < 1.29 is 4.74 Å². The lowest BCUT2D eigenvalue weighted by molar-refractivity contribution is 0.304. The van der Waals surface area contributed by atoms with Crippen LogP contribution in [0.15, 0.2) is 42.5 Å². The molecule has 0 saturated carbocycles. The first-order valence-corrected chi connectivity index (χ1v) is 7.56. The number of hydrogen-bond acceptors (Lipinski definition) is 2. The maximum absolute atomic E-state index is 5.95. The molecule has 0 aliphatic rings. The Morgan fingerprint density at radius 3 is 2.33 bits per heavy atom. The maximum Gasteiger partial charge on any atom is 0.120 e. The third kappa shape index (κ3) is 4.61. The zero-order valence-electron chi connectivity index (χ0n) is 13.4. The van der Waals surface area contributed by atoms with Gasteiger partial charge in [0.25, 0.3) is 0 Å². The van der Waals surface area contributed by atoms with Gasteiger partial charge in [0.1, 0.15) is 12.4 Å². The molecule has 0 radical (unpaired) electrons. The smallest absolute Gasteiger partial charge is 0.120 e. The summed E-state index contributed by atoms with van der Waals surface area (Å²) in [6, 6.07) is 15.2. The van der Waals surface area contributed by atoms with Crippen molar-refractivity contribution in [3.63, 3.8) is 0 Å². The summed E-state index contributed by atoms with van der Waals surface area (Å²) in [5.74, 6) is 0.935. The number of benzene rings is 2. The quantitative estimate of drug-likeness (QED) is 0.849. The molecule has 2 aromatic rings. The van der Waals surface area contributed by atoms with Gasteiger partial charge >= 0.3 is 0 Å². The highest BCUT2D eigenvalue weighted by atomic mass is 16.5. The van der Waals surface area contributed by atoms with Crippen LogP contribution in [-0.2, 0) is 13.2 Å². The summed E-state index contributed by atoms with van der Waals surface area (Å²) >= 11 is 0. The number of aryl methyl sites for hydroxylation is 2. The second kappa shape index (κ2) is 7.28. The predicted molar refractivity (Wildman–Crippen MR) is 88.7 cm³/mol. The standard InChI is InChI=1S/C19H25NO/c1-14(2)20-12-17-7-5-6-8-18(17)13-21-19-10-9-15(3)16(4)11-19/h5-11,14,20H,12-13H2,1-4H3. The van der Waals surface area contributed by atoms with Gasteiger partial charge in [-0.05, 0) is 48.2 Å². The lowest BCUT2D eigenvalue weighted by Crippen LogP contribution is -2.22. The van der Waals surface area contributed by atoms with E-state index >= 15 is 0 Å². The minimum absolute atomic E-state index is 0.485. The summed E-state index contributed by atoms with van der Waals surface area (Å²) in [6.07, 6.45) is 0. The first kappa shape index (κ1) is 15.6. The van der Waals surface area contributed by atoms with Crippen molar-refractivity contribution in [3.05, 3.63) is 64.7 Å². The van der Waals surface area contributed by atoms with Gasteiger partial charge in [-0.2, -0.15) is 0 Å². The summed E-state index contributed by atoms with van der Waals surface area (Å²) < 4.78 is 5.95. The first-order valence-electron chi connectivity index (χ1n) is 7.56. The van der Waals surface area contributed by atoms with E-state index in [9.17, 15) is 0 Å². The van der Waals surface area contributed by atoms with Gasteiger partial charge in [0.15, 0.2) is 0 Å². The molecule has 0 fully saturated rings. The molecule has 0 aliphatic heterocycles. The third-order valence-electron chi connectivity index (χ3n) is 3.69. The van der Waals surface area contributed by atoms with Crippen molar-refractivity contribution in [1.29, 1.82) is 0 Å². The van der Waals surface area contributed by atoms with Crippen LogP contribution in [0.5, 0.6) is 5.75 Å². The van der Waals surface area contributed by atoms with Crippen LogP contribution < -0.4 is 10.1 Å². The Hall–Kier alpha value is -1.80. The van der Waals surface area contributed by atoms with Gasteiger partial charge < -0.3 is 10.1 Å². The Balaban J connectivity index is 2.03. The van der Waals surface area contributed by atoms with Crippen LogP contribution in [0.2, 0.25) is 0 Å². The van der Waals surface area contributed by atoms with E-state index in [4.69, 9.17) is 4.74 Å². The van der Waals surface area contributed by atoms with Crippen LogP contribution in [0.4, 0.5) is 0 Å². The molecule has 1 N–H and O–H groups in total. The average Bonchev–Trinajstić information content (AvgIpc) is 2.47. The van der Waals surface area contributed by atoms with Crippen molar-refractivity contribution in [2.45, 2.75) is 46.9 Å². The molecule has 112 valence electrons. The molecule has 21 heavy (non-hydrogen) atoms. The van der Waals surface area contributed by atoms with E-state index in [0.717, 1.165) is 12.3 Å². The molecule has 0 bridgehead atoms. The fourth-order valence-electron chi connectivity index (χ4n) is 2.15. The number of hydrogen-bond donors (Lipinski definition) is 1. The molecule has 2 rings (SSSR count). The lowest BCUT2D eigenvalue weighted by Gasteiger charge is -2.14. The molecular formula is C19H25NO. The van der Waals surface area contributed by atoms with Crippen LogP contribution >= 0.6 is 0 Å². The molecule has 0 aromatic heterocycles. The summed E-state index contributed by atoms with van der Waals surface area (Å²) in [5, 5.41) is 3.46. The normalized spacial score (nSPS) is 10.9. The lowest BCUT2D eigenvalue weighted by atomic mass is 10.1. The molecule has 0 spiro atoms. The van der Waals surface area contributed by atoms with Crippen molar-refractivity contribution >= 4 is 0 Å². The van der Waals surface area contributed by atoms with Crippen molar-refractivity contribution in [2.24, 2.45) is 0 Å². The largest absolute Gasteiger partial charge is 0.489 e. The summed E-state index contributed by atoms with van der Waals surface area (Å²) in [5.41, 5.74) is 5.10. The number of nitrogens with one attached hydrogen (secondary N) is 1. The Kier molecular flexibility index (Phi) is 5.40. The highest BCUT2D eigenvalue weighted by Crippen LogP contribution is 2.19. The Bertz CT molecular complexity index is 590. The van der Waals surface area contributed by atoms with Crippen LogP contribution in [0.3, 0.4) is 0 Å². The van der Waals surface area contributed by atoms with Crippen LogP contribution in [0.25, 0.3) is 0 Å². The summed E-state index contributed by atoms with van der Waals surface area (Å²) in [7, 11) is 0. The molecule has 0 amide bonds. The van der Waals surface area contributed by atoms with Gasteiger partial charge in [0, 0.05) is 12.6 Å². The second-order valence-electron chi connectivity index (χ2n) is 5.84.